The van der Waals surface area contributed by atoms with Gasteiger partial charge >= 0.3 is 0 Å². The van der Waals surface area contributed by atoms with Gasteiger partial charge in [0.2, 0.25) is 0 Å². The van der Waals surface area contributed by atoms with Gasteiger partial charge in [-0.3, -0.25) is 14.4 Å². The molecular weight excluding hydrogens is 749 g/mol. The van der Waals surface area contributed by atoms with Crippen molar-refractivity contribution in [3.8, 4) is 0 Å². The van der Waals surface area contributed by atoms with Crippen LogP contribution >= 0.6 is 0 Å². The van der Waals surface area contributed by atoms with Crippen molar-refractivity contribution in [2.24, 2.45) is 0 Å². The van der Waals surface area contributed by atoms with Crippen LogP contribution in [0.25, 0.3) is 108 Å². The summed E-state index contributed by atoms with van der Waals surface area (Å²) in [6.07, 6.45) is 0. The molecule has 13 aromatic carbocycles. The topological polar surface area (TPSA) is 57.7 Å². The summed E-state index contributed by atoms with van der Waals surface area (Å²) in [4.78, 5) is 45.6. The van der Waals surface area contributed by atoms with Crippen molar-refractivity contribution < 1.29 is 14.4 Å². The van der Waals surface area contributed by atoms with Gasteiger partial charge in [0.15, 0.2) is 0 Å². The van der Waals surface area contributed by atoms with Crippen LogP contribution in [0, 0.1) is 0 Å². The Hall–Kier alpha value is -8.15. The quantitative estimate of drug-likeness (QED) is 0.0998. The van der Waals surface area contributed by atoms with Gasteiger partial charge in [-0.05, 0) is 145 Å². The number of hydrogen-bond acceptors (Lipinski definition) is 3. The largest absolute Gasteiger partial charge is 0.304 e. The summed E-state index contributed by atoms with van der Waals surface area (Å²) in [7, 11) is 0. The summed E-state index contributed by atoms with van der Waals surface area (Å²) in [6.45, 7) is 0.533. The van der Waals surface area contributed by atoms with E-state index in [4.69, 9.17) is 0 Å². The van der Waals surface area contributed by atoms with Gasteiger partial charge in [-0.2, -0.15) is 0 Å². The lowest BCUT2D eigenvalue weighted by molar-refractivity contribution is 0.0892. The molecule has 0 saturated carbocycles. The maximum atomic E-state index is 14.1. The first-order chi connectivity index (χ1) is 30.0. The summed E-state index contributed by atoms with van der Waals surface area (Å²) >= 11 is 0. The van der Waals surface area contributed by atoms with Crippen LogP contribution in [0.2, 0.25) is 0 Å². The molecule has 280 valence electrons. The van der Waals surface area contributed by atoms with Gasteiger partial charge in [0.1, 0.15) is 0 Å². The molecular formula is C56H28N2O3. The van der Waals surface area contributed by atoms with Crippen molar-refractivity contribution in [3.05, 3.63) is 180 Å². The minimum Gasteiger partial charge on any atom is -0.304 e. The Kier molecular flexibility index (Phi) is 5.59. The molecule has 5 nitrogen and oxygen atoms in total. The zero-order valence-electron chi connectivity index (χ0n) is 32.3. The monoisotopic (exact) mass is 776 g/mol. The highest BCUT2D eigenvalue weighted by Crippen LogP contribution is 2.52. The number of fused-ring (bicyclic) bond motifs is 6. The number of hydrogen-bond donors (Lipinski definition) is 0. The molecule has 0 unspecified atom stereocenters. The third kappa shape index (κ3) is 3.65. The van der Waals surface area contributed by atoms with Crippen molar-refractivity contribution in [1.29, 1.82) is 0 Å². The molecule has 2 aliphatic rings. The molecule has 0 spiro atoms. The van der Waals surface area contributed by atoms with E-state index >= 15 is 0 Å². The molecule has 61 heavy (non-hydrogen) atoms. The second kappa shape index (κ2) is 10.7. The van der Waals surface area contributed by atoms with E-state index in [1.165, 1.54) is 69.5 Å². The number of para-hydroxylation sites is 2. The highest BCUT2D eigenvalue weighted by Gasteiger charge is 2.36. The third-order valence-electron chi connectivity index (χ3n) is 14.2. The SMILES string of the molecule is O=C1c2ccc3c4ccc5c6ccc7c8ccc9c%10c(ccc(c%11ccc(c%12ccc(c%13ccc(c2c%133)CN1c1ccccc1)c4c%125)c6c%117)c%108)C(=O)N(c1ccccc1)C9=O. The molecule has 3 amide bonds. The zero-order chi connectivity index (χ0) is 40.0. The van der Waals surface area contributed by atoms with Crippen LogP contribution in [0.4, 0.5) is 11.4 Å². The van der Waals surface area contributed by atoms with Crippen LogP contribution in [-0.2, 0) is 6.54 Å². The average molecular weight is 777 g/mol. The van der Waals surface area contributed by atoms with Crippen LogP contribution in [-0.4, -0.2) is 17.7 Å². The molecule has 13 aromatic rings. The lowest BCUT2D eigenvalue weighted by atomic mass is 9.80. The number of nitrogens with zero attached hydrogens (tertiary/aromatic N) is 2. The Morgan fingerprint density at radius 3 is 1.00 bits per heavy atom. The highest BCUT2D eigenvalue weighted by atomic mass is 16.2. The third-order valence-corrected chi connectivity index (χ3v) is 14.2. The fraction of sp³-hybridized carbons (Fsp3) is 0.0179. The van der Waals surface area contributed by atoms with E-state index in [1.54, 1.807) is 12.1 Å². The van der Waals surface area contributed by atoms with Crippen LogP contribution in [0.1, 0.15) is 36.6 Å². The molecule has 5 heteroatoms. The second-order valence-corrected chi connectivity index (χ2v) is 16.9. The highest BCUT2D eigenvalue weighted by molar-refractivity contribution is 6.48. The number of carbonyl (C=O) groups is 3. The fourth-order valence-electron chi connectivity index (χ4n) is 11.8. The summed E-state index contributed by atoms with van der Waals surface area (Å²) in [5.41, 5.74) is 4.48. The van der Waals surface area contributed by atoms with Gasteiger partial charge in [-0.15, -0.1) is 0 Å². The summed E-state index contributed by atoms with van der Waals surface area (Å²) < 4.78 is 0. The van der Waals surface area contributed by atoms with Crippen molar-refractivity contribution >= 4 is 137 Å². The van der Waals surface area contributed by atoms with Crippen molar-refractivity contribution in [2.75, 3.05) is 9.80 Å². The van der Waals surface area contributed by atoms with Crippen LogP contribution in [0.3, 0.4) is 0 Å². The summed E-state index contributed by atoms with van der Waals surface area (Å²) in [6, 6.07) is 54.1. The molecule has 0 bridgehead atoms. The lowest BCUT2D eigenvalue weighted by Gasteiger charge is -2.30. The smallest absolute Gasteiger partial charge is 0.265 e. The molecule has 0 fully saturated rings. The van der Waals surface area contributed by atoms with Crippen LogP contribution < -0.4 is 9.80 Å². The van der Waals surface area contributed by atoms with E-state index in [2.05, 4.69) is 78.9 Å². The minimum absolute atomic E-state index is 0.0367. The Morgan fingerprint density at radius 1 is 0.279 bits per heavy atom. The summed E-state index contributed by atoms with van der Waals surface area (Å²) in [5, 5.41) is 22.7. The summed E-state index contributed by atoms with van der Waals surface area (Å²) in [5.74, 6) is -0.563. The van der Waals surface area contributed by atoms with E-state index in [9.17, 15) is 14.4 Å². The molecule has 0 aromatic heterocycles. The normalized spacial score (nSPS) is 14.5. The van der Waals surface area contributed by atoms with E-state index in [-0.39, 0.29) is 17.7 Å². The zero-order valence-corrected chi connectivity index (χ0v) is 32.3. The van der Waals surface area contributed by atoms with E-state index in [0.29, 0.717) is 23.4 Å². The first kappa shape index (κ1) is 31.8. The maximum absolute atomic E-state index is 14.1. The molecule has 0 N–H and O–H groups in total. The molecule has 0 atom stereocenters. The average Bonchev–Trinajstić information content (AvgIpc) is 3.31. The van der Waals surface area contributed by atoms with Gasteiger partial charge in [0, 0.05) is 33.2 Å². The molecule has 0 saturated heterocycles. The lowest BCUT2D eigenvalue weighted by Crippen LogP contribution is -2.40. The van der Waals surface area contributed by atoms with E-state index in [0.717, 1.165) is 59.9 Å². The predicted molar refractivity (Wildman–Crippen MR) is 250 cm³/mol. The van der Waals surface area contributed by atoms with Gasteiger partial charge in [-0.1, -0.05) is 115 Å². The Balaban J connectivity index is 0.996. The first-order valence-electron chi connectivity index (χ1n) is 20.8. The molecule has 2 heterocycles. The van der Waals surface area contributed by atoms with Gasteiger partial charge in [0.25, 0.3) is 17.7 Å². The predicted octanol–water partition coefficient (Wildman–Crippen LogP) is 13.5. The van der Waals surface area contributed by atoms with E-state index in [1.807, 2.05) is 71.6 Å². The Morgan fingerprint density at radius 2 is 0.590 bits per heavy atom. The number of amides is 3. The van der Waals surface area contributed by atoms with E-state index < -0.39 is 0 Å². The van der Waals surface area contributed by atoms with Crippen molar-refractivity contribution in [2.45, 2.75) is 6.54 Å². The molecule has 2 aliphatic heterocycles. The number of rotatable bonds is 2. The van der Waals surface area contributed by atoms with Gasteiger partial charge < -0.3 is 4.90 Å². The molecule has 0 radical (unpaired) electrons. The Bertz CT molecular complexity index is 4020. The minimum atomic E-state index is -0.300. The number of benzene rings is 13. The second-order valence-electron chi connectivity index (χ2n) is 16.9. The standard InChI is InChI=1S/C56H28N2O3/c59-54-43-24-21-32-34-14-16-36-38-18-20-40-42-23-26-45-53-44(55(60)58(56(45)61)30-9-5-2-6-10-30)25-22-41(52(42)53)39-19-17-37(50(38)51(39)40)35-15-13-33(48(34)49(35)36)31-12-11-28(46(43)47(31)32)27-57(54)29-7-3-1-4-8-29/h1-26H,27H2. The first-order valence-corrected chi connectivity index (χ1v) is 20.8. The van der Waals surface area contributed by atoms with Crippen LogP contribution in [0.15, 0.2) is 158 Å². The van der Waals surface area contributed by atoms with Crippen molar-refractivity contribution in [3.63, 3.8) is 0 Å². The fourth-order valence-corrected chi connectivity index (χ4v) is 11.8. The van der Waals surface area contributed by atoms with Crippen LogP contribution in [0.5, 0.6) is 0 Å². The van der Waals surface area contributed by atoms with Gasteiger partial charge in [-0.25, -0.2) is 4.90 Å². The molecule has 15 rings (SSSR count). The number of carbonyl (C=O) groups excluding carboxylic acids is 3. The maximum Gasteiger partial charge on any atom is 0.265 e. The number of anilines is 2. The molecule has 0 aliphatic carbocycles. The number of imide groups is 1. The van der Waals surface area contributed by atoms with Gasteiger partial charge in [0.05, 0.1) is 12.2 Å². The van der Waals surface area contributed by atoms with Crippen molar-refractivity contribution in [1.82, 2.24) is 0 Å². The Labute approximate surface area is 346 Å².